The maximum atomic E-state index is 12.7. The topological polar surface area (TPSA) is 100 Å². The molecular formula is C22H18BrN3O4S. The lowest BCUT2D eigenvalue weighted by Crippen LogP contribution is -2.32. The summed E-state index contributed by atoms with van der Waals surface area (Å²) in [6, 6.07) is 15.5. The van der Waals surface area contributed by atoms with Crippen LogP contribution in [0.4, 0.5) is 0 Å². The molecule has 3 N–H and O–H groups in total. The van der Waals surface area contributed by atoms with E-state index >= 15 is 0 Å². The Labute approximate surface area is 191 Å². The molecule has 0 aliphatic rings. The van der Waals surface area contributed by atoms with Crippen LogP contribution in [-0.2, 0) is 4.79 Å². The fraction of sp³-hybridized carbons (Fsp3) is 0.0455. The van der Waals surface area contributed by atoms with E-state index in [2.05, 4.69) is 31.8 Å². The summed E-state index contributed by atoms with van der Waals surface area (Å²) in [6.07, 6.45) is 2.85. The Bertz CT molecular complexity index is 1130. The molecule has 0 radical (unpaired) electrons. The van der Waals surface area contributed by atoms with Gasteiger partial charge >= 0.3 is 0 Å². The molecule has 0 spiro atoms. The second-order valence-corrected chi connectivity index (χ2v) is 8.03. The second kappa shape index (κ2) is 10.6. The van der Waals surface area contributed by atoms with Gasteiger partial charge in [0.25, 0.3) is 11.8 Å². The number of methoxy groups -OCH3 is 1. The highest BCUT2D eigenvalue weighted by molar-refractivity contribution is 9.10. The Hall–Kier alpha value is -3.43. The van der Waals surface area contributed by atoms with Crippen LogP contribution < -0.4 is 15.5 Å². The number of nitrogens with one attached hydrogen (secondary N) is 2. The van der Waals surface area contributed by atoms with Crippen molar-refractivity contribution in [3.05, 3.63) is 86.2 Å². The van der Waals surface area contributed by atoms with E-state index in [1.54, 1.807) is 48.5 Å². The summed E-state index contributed by atoms with van der Waals surface area (Å²) in [6.45, 7) is 0. The predicted octanol–water partition coefficient (Wildman–Crippen LogP) is 4.15. The van der Waals surface area contributed by atoms with Crippen molar-refractivity contribution >= 4 is 51.4 Å². The largest absolute Gasteiger partial charge is 0.504 e. The smallest absolute Gasteiger partial charge is 0.287 e. The van der Waals surface area contributed by atoms with Crippen molar-refractivity contribution in [3.63, 3.8) is 0 Å². The minimum absolute atomic E-state index is 0.0319. The Morgan fingerprint density at radius 1 is 1.16 bits per heavy atom. The minimum atomic E-state index is -0.615. The van der Waals surface area contributed by atoms with Crippen LogP contribution in [0.3, 0.4) is 0 Å². The first-order chi connectivity index (χ1) is 15.0. The summed E-state index contributed by atoms with van der Waals surface area (Å²) >= 11 is 4.74. The third-order valence-electron chi connectivity index (χ3n) is 4.02. The molecule has 0 saturated carbocycles. The molecule has 9 heteroatoms. The number of amides is 2. The van der Waals surface area contributed by atoms with Gasteiger partial charge in [-0.3, -0.25) is 9.59 Å². The standard InChI is InChI=1S/C22H18BrN3O4S/c1-30-19-11-16(23)10-15(20(19)27)13-24-26-22(29)18(12-17-8-5-9-31-17)25-21(28)14-6-3-2-4-7-14/h2-13,27H,1H3,(H,25,28)(H,26,29). The van der Waals surface area contributed by atoms with E-state index in [0.717, 1.165) is 4.88 Å². The van der Waals surface area contributed by atoms with Crippen LogP contribution in [0.25, 0.3) is 6.08 Å². The molecule has 7 nitrogen and oxygen atoms in total. The molecule has 0 bridgehead atoms. The highest BCUT2D eigenvalue weighted by Crippen LogP contribution is 2.32. The summed E-state index contributed by atoms with van der Waals surface area (Å²) < 4.78 is 5.76. The summed E-state index contributed by atoms with van der Waals surface area (Å²) in [7, 11) is 1.43. The number of thiophene rings is 1. The molecule has 1 aromatic heterocycles. The first kappa shape index (κ1) is 22.3. The second-order valence-electron chi connectivity index (χ2n) is 6.14. The van der Waals surface area contributed by atoms with E-state index in [9.17, 15) is 14.7 Å². The van der Waals surface area contributed by atoms with Crippen molar-refractivity contribution in [2.24, 2.45) is 5.10 Å². The maximum absolute atomic E-state index is 12.7. The van der Waals surface area contributed by atoms with Gasteiger partial charge in [-0.25, -0.2) is 5.43 Å². The monoisotopic (exact) mass is 499 g/mol. The van der Waals surface area contributed by atoms with Gasteiger partial charge in [0.1, 0.15) is 5.70 Å². The molecule has 31 heavy (non-hydrogen) atoms. The zero-order valence-electron chi connectivity index (χ0n) is 16.3. The number of carbonyl (C=O) groups excluding carboxylic acids is 2. The number of hydrogen-bond donors (Lipinski definition) is 3. The zero-order valence-corrected chi connectivity index (χ0v) is 18.7. The average Bonchev–Trinajstić information content (AvgIpc) is 3.29. The Kier molecular flexibility index (Phi) is 7.58. The van der Waals surface area contributed by atoms with Gasteiger partial charge in [0.15, 0.2) is 11.5 Å². The highest BCUT2D eigenvalue weighted by atomic mass is 79.9. The third-order valence-corrected chi connectivity index (χ3v) is 5.29. The quantitative estimate of drug-likeness (QED) is 0.258. The van der Waals surface area contributed by atoms with E-state index in [4.69, 9.17) is 4.74 Å². The van der Waals surface area contributed by atoms with E-state index in [1.807, 2.05) is 17.5 Å². The number of phenols is 1. The van der Waals surface area contributed by atoms with Crippen LogP contribution in [0, 0.1) is 0 Å². The summed E-state index contributed by atoms with van der Waals surface area (Å²) in [5.41, 5.74) is 3.16. The van der Waals surface area contributed by atoms with Crippen molar-refractivity contribution in [2.45, 2.75) is 0 Å². The maximum Gasteiger partial charge on any atom is 0.287 e. The Balaban J connectivity index is 1.79. The molecule has 3 rings (SSSR count). The fourth-order valence-electron chi connectivity index (χ4n) is 2.53. The molecule has 0 atom stereocenters. The number of ether oxygens (including phenoxy) is 1. The summed E-state index contributed by atoms with van der Waals surface area (Å²) in [5, 5.41) is 18.6. The average molecular weight is 500 g/mol. The molecule has 3 aromatic rings. The van der Waals surface area contributed by atoms with E-state index in [-0.39, 0.29) is 17.2 Å². The van der Waals surface area contributed by atoms with Crippen LogP contribution >= 0.6 is 27.3 Å². The van der Waals surface area contributed by atoms with Crippen molar-refractivity contribution in [3.8, 4) is 11.5 Å². The van der Waals surface area contributed by atoms with Gasteiger partial charge in [-0.05, 0) is 41.8 Å². The number of hydrazone groups is 1. The van der Waals surface area contributed by atoms with Crippen LogP contribution in [-0.4, -0.2) is 30.2 Å². The molecule has 1 heterocycles. The van der Waals surface area contributed by atoms with Crippen LogP contribution in [0.2, 0.25) is 0 Å². The lowest BCUT2D eigenvalue weighted by atomic mass is 10.2. The van der Waals surface area contributed by atoms with Gasteiger partial charge in [-0.15, -0.1) is 11.3 Å². The number of rotatable bonds is 7. The Morgan fingerprint density at radius 3 is 2.61 bits per heavy atom. The van der Waals surface area contributed by atoms with Crippen molar-refractivity contribution in [1.82, 2.24) is 10.7 Å². The van der Waals surface area contributed by atoms with E-state index < -0.39 is 11.8 Å². The normalized spacial score (nSPS) is 11.4. The van der Waals surface area contributed by atoms with Gasteiger partial charge in [-0.2, -0.15) is 5.10 Å². The van der Waals surface area contributed by atoms with Crippen LogP contribution in [0.1, 0.15) is 20.8 Å². The van der Waals surface area contributed by atoms with E-state index in [0.29, 0.717) is 15.6 Å². The molecule has 0 fully saturated rings. The number of nitrogens with zero attached hydrogens (tertiary/aromatic N) is 1. The number of halogens is 1. The molecular weight excluding hydrogens is 482 g/mol. The van der Waals surface area contributed by atoms with Crippen molar-refractivity contribution < 1.29 is 19.4 Å². The highest BCUT2D eigenvalue weighted by Gasteiger charge is 2.15. The van der Waals surface area contributed by atoms with Crippen molar-refractivity contribution in [1.29, 1.82) is 0 Å². The number of hydrogen-bond acceptors (Lipinski definition) is 6. The SMILES string of the molecule is COc1cc(Br)cc(C=NNC(=O)C(=Cc2cccs2)NC(=O)c2ccccc2)c1O. The van der Waals surface area contributed by atoms with Gasteiger partial charge < -0.3 is 15.2 Å². The Morgan fingerprint density at radius 2 is 1.94 bits per heavy atom. The zero-order chi connectivity index (χ0) is 22.2. The molecule has 0 aliphatic carbocycles. The molecule has 0 saturated heterocycles. The fourth-order valence-corrected chi connectivity index (χ4v) is 3.64. The predicted molar refractivity (Wildman–Crippen MR) is 124 cm³/mol. The lowest BCUT2D eigenvalue weighted by molar-refractivity contribution is -0.117. The minimum Gasteiger partial charge on any atom is -0.504 e. The van der Waals surface area contributed by atoms with Gasteiger partial charge in [0.05, 0.1) is 13.3 Å². The summed E-state index contributed by atoms with van der Waals surface area (Å²) in [5.74, 6) is -0.890. The molecule has 158 valence electrons. The molecule has 2 amide bonds. The van der Waals surface area contributed by atoms with Gasteiger partial charge in [0.2, 0.25) is 0 Å². The molecule has 0 unspecified atom stereocenters. The first-order valence-electron chi connectivity index (χ1n) is 8.99. The third kappa shape index (κ3) is 6.03. The number of carbonyl (C=O) groups is 2. The molecule has 0 aliphatic heterocycles. The first-order valence-corrected chi connectivity index (χ1v) is 10.7. The van der Waals surface area contributed by atoms with Crippen molar-refractivity contribution in [2.75, 3.05) is 7.11 Å². The number of aromatic hydroxyl groups is 1. The van der Waals surface area contributed by atoms with Crippen LogP contribution in [0.5, 0.6) is 11.5 Å². The van der Waals surface area contributed by atoms with Gasteiger partial charge in [-0.1, -0.05) is 40.2 Å². The van der Waals surface area contributed by atoms with E-state index in [1.165, 1.54) is 24.7 Å². The van der Waals surface area contributed by atoms with Crippen LogP contribution in [0.15, 0.2) is 75.2 Å². The number of phenolic OH excluding ortho intramolecular Hbond substituents is 1. The summed E-state index contributed by atoms with van der Waals surface area (Å²) in [4.78, 5) is 26.0. The molecule has 2 aromatic carbocycles. The number of benzene rings is 2. The lowest BCUT2D eigenvalue weighted by Gasteiger charge is -2.09. The van der Waals surface area contributed by atoms with Gasteiger partial charge in [0, 0.05) is 20.5 Å².